The van der Waals surface area contributed by atoms with E-state index in [9.17, 15) is 15.0 Å². The molecule has 0 amide bonds. The molecule has 2 heterocycles. The van der Waals surface area contributed by atoms with Gasteiger partial charge in [-0.2, -0.15) is 0 Å². The van der Waals surface area contributed by atoms with E-state index in [1.54, 1.807) is 30.3 Å². The Kier molecular flexibility index (Phi) is 9.45. The number of carbonyl (C=O) groups excluding carboxylic acids is 1. The van der Waals surface area contributed by atoms with Gasteiger partial charge in [0.25, 0.3) is 0 Å². The number of azide groups is 1. The van der Waals surface area contributed by atoms with E-state index in [1.165, 1.54) is 24.3 Å². The average Bonchev–Trinajstić information content (AvgIpc) is 3.26. The predicted molar refractivity (Wildman–Crippen MR) is 159 cm³/mol. The first-order chi connectivity index (χ1) is 20.9. The summed E-state index contributed by atoms with van der Waals surface area (Å²) in [5.41, 5.74) is 9.46. The van der Waals surface area contributed by atoms with E-state index in [0.717, 1.165) is 0 Å². The molecule has 0 fully saturated rings. The van der Waals surface area contributed by atoms with Gasteiger partial charge in [0.05, 0.1) is 45.2 Å². The van der Waals surface area contributed by atoms with E-state index in [-0.39, 0.29) is 11.5 Å². The normalized spacial score (nSPS) is 13.6. The Morgan fingerprint density at radius 1 is 0.884 bits per heavy atom. The van der Waals surface area contributed by atoms with Crippen LogP contribution in [0.25, 0.3) is 10.4 Å². The molecule has 43 heavy (non-hydrogen) atoms. The van der Waals surface area contributed by atoms with Gasteiger partial charge in [0, 0.05) is 52.5 Å². The van der Waals surface area contributed by atoms with E-state index in [2.05, 4.69) is 20.7 Å². The molecule has 2 aliphatic rings. The van der Waals surface area contributed by atoms with Gasteiger partial charge in [0.15, 0.2) is 10.7 Å². The summed E-state index contributed by atoms with van der Waals surface area (Å²) in [4.78, 5) is 15.8. The zero-order valence-corrected chi connectivity index (χ0v) is 23.8. The molecular weight excluding hydrogens is 578 g/mol. The maximum Gasteiger partial charge on any atom is 0.340 e. The first-order valence-corrected chi connectivity index (χ1v) is 13.8. The number of phenols is 2. The van der Waals surface area contributed by atoms with Crippen LogP contribution in [0, 0.1) is 0 Å². The molecule has 3 aromatic rings. The minimum atomic E-state index is -1.36. The zero-order chi connectivity index (χ0) is 30.2. The Hall–Kier alpha value is -4.59. The van der Waals surface area contributed by atoms with Crippen LogP contribution in [0.3, 0.4) is 0 Å². The second kappa shape index (κ2) is 13.6. The number of phenolic OH excluding ortho intramolecular Hbond substituents is 2. The monoisotopic (exact) mass is 607 g/mol. The van der Waals surface area contributed by atoms with Crippen molar-refractivity contribution in [2.75, 3.05) is 58.0 Å². The molecule has 0 saturated carbocycles. The number of aromatic hydroxyl groups is 2. The third-order valence-electron chi connectivity index (χ3n) is 6.71. The number of thiocarbonyl (C=S) groups is 1. The van der Waals surface area contributed by atoms with E-state index in [4.69, 9.17) is 41.4 Å². The van der Waals surface area contributed by atoms with Crippen molar-refractivity contribution in [3.8, 4) is 23.0 Å². The SMILES string of the molecule is [N-]=[N+]=NCCOCCOCCOCCNC(=S)Nc1ccc2c(c1)C1(OC2=O)c2ccc(O)cc2Oc2cc(O)ccc21. The smallest absolute Gasteiger partial charge is 0.340 e. The number of anilines is 1. The van der Waals surface area contributed by atoms with E-state index in [1.807, 2.05) is 0 Å². The molecule has 0 atom stereocenters. The van der Waals surface area contributed by atoms with Gasteiger partial charge in [-0.15, -0.1) is 0 Å². The molecule has 0 bridgehead atoms. The fraction of sp³-hybridized carbons (Fsp3) is 0.310. The highest BCUT2D eigenvalue weighted by atomic mass is 32.1. The highest BCUT2D eigenvalue weighted by Gasteiger charge is 2.53. The van der Waals surface area contributed by atoms with Crippen molar-refractivity contribution in [2.24, 2.45) is 5.11 Å². The molecule has 224 valence electrons. The van der Waals surface area contributed by atoms with E-state index in [0.29, 0.717) is 97.3 Å². The van der Waals surface area contributed by atoms with Crippen molar-refractivity contribution >= 4 is 29.0 Å². The van der Waals surface area contributed by atoms with Crippen molar-refractivity contribution in [2.45, 2.75) is 5.60 Å². The predicted octanol–water partition coefficient (Wildman–Crippen LogP) is 4.31. The molecule has 0 unspecified atom stereocenters. The highest BCUT2D eigenvalue weighted by molar-refractivity contribution is 7.80. The Labute approximate surface area is 251 Å². The Morgan fingerprint density at radius 2 is 1.51 bits per heavy atom. The molecule has 0 radical (unpaired) electrons. The number of ether oxygens (including phenoxy) is 5. The van der Waals surface area contributed by atoms with Crippen LogP contribution < -0.4 is 15.4 Å². The number of rotatable bonds is 13. The number of carbonyl (C=O) groups is 1. The van der Waals surface area contributed by atoms with Crippen LogP contribution in [0.2, 0.25) is 0 Å². The number of nitrogens with one attached hydrogen (secondary N) is 2. The standard InChI is InChI=1S/C29H29N5O8S/c30-34-32-8-10-39-12-14-40-13-11-38-9-7-31-28(43)33-18-1-4-21-24(15-18)29(42-27(21)37)22-5-2-19(35)16-25(22)41-26-17-20(36)3-6-23(26)29/h1-6,15-17,35-36H,7-14H2,(H2,31,33,43). The summed E-state index contributed by atoms with van der Waals surface area (Å²) in [6, 6.07) is 14.4. The maximum absolute atomic E-state index is 13.1. The minimum absolute atomic E-state index is 0.0182. The molecular formula is C29H29N5O8S. The number of hydrogen-bond acceptors (Lipinski definition) is 10. The molecule has 3 aromatic carbocycles. The summed E-state index contributed by atoms with van der Waals surface area (Å²) in [6.45, 7) is 3.15. The van der Waals surface area contributed by atoms with Gasteiger partial charge >= 0.3 is 5.97 Å². The van der Waals surface area contributed by atoms with Gasteiger partial charge < -0.3 is 44.5 Å². The highest BCUT2D eigenvalue weighted by Crippen LogP contribution is 2.57. The van der Waals surface area contributed by atoms with Gasteiger partial charge in [-0.3, -0.25) is 0 Å². The largest absolute Gasteiger partial charge is 0.508 e. The lowest BCUT2D eigenvalue weighted by Gasteiger charge is -2.36. The lowest BCUT2D eigenvalue weighted by molar-refractivity contribution is 0.0171. The Morgan fingerprint density at radius 3 is 2.16 bits per heavy atom. The Bertz CT molecular complexity index is 1510. The molecule has 1 spiro atoms. The quantitative estimate of drug-likeness (QED) is 0.0544. The Balaban J connectivity index is 1.19. The molecule has 5 rings (SSSR count). The van der Waals surface area contributed by atoms with Crippen molar-refractivity contribution in [3.63, 3.8) is 0 Å². The molecule has 0 aromatic heterocycles. The van der Waals surface area contributed by atoms with Gasteiger partial charge in [0.1, 0.15) is 23.0 Å². The van der Waals surface area contributed by atoms with Crippen LogP contribution >= 0.6 is 12.2 Å². The topological polar surface area (TPSA) is 176 Å². The average molecular weight is 608 g/mol. The lowest BCUT2D eigenvalue weighted by Crippen LogP contribution is -2.33. The summed E-state index contributed by atoms with van der Waals surface area (Å²) >= 11 is 5.46. The van der Waals surface area contributed by atoms with Crippen molar-refractivity contribution in [1.82, 2.24) is 5.32 Å². The summed E-state index contributed by atoms with van der Waals surface area (Å²) in [6.07, 6.45) is 0. The molecule has 0 saturated heterocycles. The molecule has 4 N–H and O–H groups in total. The van der Waals surface area contributed by atoms with Crippen molar-refractivity contribution in [1.29, 1.82) is 0 Å². The minimum Gasteiger partial charge on any atom is -0.508 e. The summed E-state index contributed by atoms with van der Waals surface area (Å²) in [5, 5.41) is 30.2. The van der Waals surface area contributed by atoms with Crippen LogP contribution in [0.4, 0.5) is 5.69 Å². The second-order valence-electron chi connectivity index (χ2n) is 9.47. The number of esters is 1. The summed E-state index contributed by atoms with van der Waals surface area (Å²) < 4.78 is 28.3. The number of benzene rings is 3. The van der Waals surface area contributed by atoms with Gasteiger partial charge in [-0.25, -0.2) is 4.79 Å². The number of fused-ring (bicyclic) bond motifs is 6. The second-order valence-corrected chi connectivity index (χ2v) is 9.87. The third-order valence-corrected chi connectivity index (χ3v) is 6.95. The summed E-state index contributed by atoms with van der Waals surface area (Å²) in [5.74, 6) is 0.0532. The fourth-order valence-electron chi connectivity index (χ4n) is 4.88. The van der Waals surface area contributed by atoms with Gasteiger partial charge in [-0.1, -0.05) is 5.11 Å². The van der Waals surface area contributed by atoms with E-state index < -0.39 is 11.6 Å². The molecule has 2 aliphatic heterocycles. The summed E-state index contributed by atoms with van der Waals surface area (Å²) in [7, 11) is 0. The lowest BCUT2D eigenvalue weighted by atomic mass is 9.77. The van der Waals surface area contributed by atoms with E-state index >= 15 is 0 Å². The fourth-order valence-corrected chi connectivity index (χ4v) is 5.10. The zero-order valence-electron chi connectivity index (χ0n) is 22.9. The first kappa shape index (κ1) is 29.9. The third kappa shape index (κ3) is 6.58. The van der Waals surface area contributed by atoms with Crippen LogP contribution in [0.1, 0.15) is 27.0 Å². The van der Waals surface area contributed by atoms with Crippen LogP contribution in [0.5, 0.6) is 23.0 Å². The molecule has 14 heteroatoms. The maximum atomic E-state index is 13.1. The molecule has 13 nitrogen and oxygen atoms in total. The van der Waals surface area contributed by atoms with Crippen LogP contribution in [-0.4, -0.2) is 74.0 Å². The first-order valence-electron chi connectivity index (χ1n) is 13.4. The van der Waals surface area contributed by atoms with Gasteiger partial charge in [-0.05, 0) is 60.2 Å². The van der Waals surface area contributed by atoms with Crippen molar-refractivity contribution in [3.05, 3.63) is 87.3 Å². The molecule has 0 aliphatic carbocycles. The van der Waals surface area contributed by atoms with Gasteiger partial charge in [0.2, 0.25) is 0 Å². The van der Waals surface area contributed by atoms with Crippen molar-refractivity contribution < 1.29 is 38.7 Å². The number of nitrogens with zero attached hydrogens (tertiary/aromatic N) is 3. The van der Waals surface area contributed by atoms with Crippen LogP contribution in [0.15, 0.2) is 59.7 Å². The number of hydrogen-bond donors (Lipinski definition) is 4. The van der Waals surface area contributed by atoms with Crippen LogP contribution in [-0.2, 0) is 24.5 Å².